The molecule has 0 aliphatic carbocycles. The van der Waals surface area contributed by atoms with Crippen LogP contribution in [0.15, 0.2) is 0 Å². The van der Waals surface area contributed by atoms with Crippen molar-refractivity contribution in [1.29, 1.82) is 0 Å². The number of hydrogen-bond donors (Lipinski definition) is 2. The molecule has 1 atom stereocenters. The molecular weight excluding hydrogens is 222 g/mol. The Morgan fingerprint density at radius 2 is 2.53 bits per heavy atom. The highest BCUT2D eigenvalue weighted by Crippen LogP contribution is 2.21. The van der Waals surface area contributed by atoms with Crippen LogP contribution in [0.1, 0.15) is 6.42 Å². The number of ether oxygens (including phenoxy) is 2. The molecule has 2 N–H and O–H groups in total. The summed E-state index contributed by atoms with van der Waals surface area (Å²) in [6.45, 7) is 5.29. The van der Waals surface area contributed by atoms with Crippen LogP contribution in [0.25, 0.3) is 0 Å². The average Bonchev–Trinajstić information content (AvgIpc) is 2.95. The van der Waals surface area contributed by atoms with E-state index in [1.165, 1.54) is 0 Å². The summed E-state index contributed by atoms with van der Waals surface area (Å²) < 4.78 is 10.9. The smallest absolute Gasteiger partial charge is 0.317 e. The number of nitrogens with one attached hydrogen (secondary N) is 2. The number of methoxy groups -OCH3 is 1. The molecule has 6 heteroatoms. The first-order valence-corrected chi connectivity index (χ1v) is 6.12. The minimum Gasteiger partial charge on any atom is -0.378 e. The molecule has 0 aromatic carbocycles. The van der Waals surface area contributed by atoms with E-state index in [1.807, 2.05) is 4.90 Å². The number of amides is 2. The van der Waals surface area contributed by atoms with Crippen LogP contribution in [0.4, 0.5) is 4.79 Å². The van der Waals surface area contributed by atoms with Crippen molar-refractivity contribution in [3.05, 3.63) is 0 Å². The van der Waals surface area contributed by atoms with Gasteiger partial charge in [0, 0.05) is 52.9 Å². The van der Waals surface area contributed by atoms with Crippen molar-refractivity contribution < 1.29 is 14.3 Å². The van der Waals surface area contributed by atoms with Crippen molar-refractivity contribution in [1.82, 2.24) is 15.5 Å². The Bertz CT molecular complexity index is 267. The lowest BCUT2D eigenvalue weighted by Gasteiger charge is -2.26. The highest BCUT2D eigenvalue weighted by Gasteiger charge is 2.34. The normalized spacial score (nSPS) is 28.8. The maximum Gasteiger partial charge on any atom is 0.317 e. The lowest BCUT2D eigenvalue weighted by atomic mass is 10.0. The molecule has 0 bridgehead atoms. The first-order chi connectivity index (χ1) is 8.26. The van der Waals surface area contributed by atoms with Crippen LogP contribution < -0.4 is 10.6 Å². The van der Waals surface area contributed by atoms with Crippen molar-refractivity contribution in [2.45, 2.75) is 12.0 Å². The Labute approximate surface area is 102 Å². The molecule has 0 saturated carbocycles. The van der Waals surface area contributed by atoms with E-state index < -0.39 is 0 Å². The summed E-state index contributed by atoms with van der Waals surface area (Å²) in [5.74, 6) is 0. The SMILES string of the molecule is COC1(CNCCN2CCNC2=O)CCOC1. The Balaban J connectivity index is 1.63. The maximum absolute atomic E-state index is 11.3. The summed E-state index contributed by atoms with van der Waals surface area (Å²) in [7, 11) is 1.73. The fraction of sp³-hybridized carbons (Fsp3) is 0.909. The zero-order chi connectivity index (χ0) is 12.1. The van der Waals surface area contributed by atoms with E-state index in [2.05, 4.69) is 10.6 Å². The van der Waals surface area contributed by atoms with E-state index in [-0.39, 0.29) is 11.6 Å². The Morgan fingerprint density at radius 1 is 1.65 bits per heavy atom. The van der Waals surface area contributed by atoms with Gasteiger partial charge in [-0.2, -0.15) is 0 Å². The predicted molar refractivity (Wildman–Crippen MR) is 63.0 cm³/mol. The first kappa shape index (κ1) is 12.6. The summed E-state index contributed by atoms with van der Waals surface area (Å²) >= 11 is 0. The second-order valence-electron chi connectivity index (χ2n) is 4.59. The number of urea groups is 1. The van der Waals surface area contributed by atoms with E-state index in [1.54, 1.807) is 7.11 Å². The van der Waals surface area contributed by atoms with E-state index in [4.69, 9.17) is 9.47 Å². The van der Waals surface area contributed by atoms with Crippen molar-refractivity contribution in [2.24, 2.45) is 0 Å². The quantitative estimate of drug-likeness (QED) is 0.612. The molecule has 2 fully saturated rings. The Kier molecular flexibility index (Phi) is 4.20. The highest BCUT2D eigenvalue weighted by atomic mass is 16.5. The summed E-state index contributed by atoms with van der Waals surface area (Å²) in [6.07, 6.45) is 0.931. The molecule has 2 amide bonds. The van der Waals surface area contributed by atoms with Gasteiger partial charge in [0.2, 0.25) is 0 Å². The molecule has 98 valence electrons. The Hall–Kier alpha value is -0.850. The maximum atomic E-state index is 11.3. The minimum atomic E-state index is -0.173. The summed E-state index contributed by atoms with van der Waals surface area (Å²) in [5.41, 5.74) is -0.173. The standard InChI is InChI=1S/C11H21N3O3/c1-16-11(2-7-17-9-11)8-12-3-5-14-6-4-13-10(14)15/h12H,2-9H2,1H3,(H,13,15). The molecule has 1 unspecified atom stereocenters. The summed E-state index contributed by atoms with van der Waals surface area (Å²) in [5, 5.41) is 6.12. The molecule has 0 aromatic heterocycles. The first-order valence-electron chi connectivity index (χ1n) is 6.12. The van der Waals surface area contributed by atoms with Crippen LogP contribution in [-0.2, 0) is 9.47 Å². The third kappa shape index (κ3) is 3.08. The second-order valence-corrected chi connectivity index (χ2v) is 4.59. The van der Waals surface area contributed by atoms with Crippen LogP contribution in [0.2, 0.25) is 0 Å². The molecule has 0 spiro atoms. The number of hydrogen-bond acceptors (Lipinski definition) is 4. The van der Waals surface area contributed by atoms with Gasteiger partial charge in [0.05, 0.1) is 6.61 Å². The lowest BCUT2D eigenvalue weighted by Crippen LogP contribution is -2.45. The third-order valence-corrected chi connectivity index (χ3v) is 3.45. The number of carbonyl (C=O) groups excluding carboxylic acids is 1. The topological polar surface area (TPSA) is 62.8 Å². The number of nitrogens with zero attached hydrogens (tertiary/aromatic N) is 1. The van der Waals surface area contributed by atoms with Crippen molar-refractivity contribution in [2.75, 3.05) is 53.0 Å². The molecule has 0 radical (unpaired) electrons. The molecule has 2 aliphatic heterocycles. The Morgan fingerprint density at radius 3 is 3.12 bits per heavy atom. The summed E-state index contributed by atoms with van der Waals surface area (Å²) in [6, 6.07) is 0.0393. The molecule has 17 heavy (non-hydrogen) atoms. The van der Waals surface area contributed by atoms with Gasteiger partial charge in [-0.25, -0.2) is 4.79 Å². The summed E-state index contributed by atoms with van der Waals surface area (Å²) in [4.78, 5) is 13.1. The van der Waals surface area contributed by atoms with Gasteiger partial charge in [-0.3, -0.25) is 0 Å². The van der Waals surface area contributed by atoms with Crippen LogP contribution in [0, 0.1) is 0 Å². The fourth-order valence-electron chi connectivity index (χ4n) is 2.22. The molecule has 0 aromatic rings. The highest BCUT2D eigenvalue weighted by molar-refractivity contribution is 5.76. The van der Waals surface area contributed by atoms with Crippen LogP contribution >= 0.6 is 0 Å². The zero-order valence-electron chi connectivity index (χ0n) is 10.3. The molecule has 2 heterocycles. The second kappa shape index (κ2) is 5.66. The molecule has 6 nitrogen and oxygen atoms in total. The average molecular weight is 243 g/mol. The third-order valence-electron chi connectivity index (χ3n) is 3.45. The van der Waals surface area contributed by atoms with E-state index in [9.17, 15) is 4.79 Å². The van der Waals surface area contributed by atoms with Gasteiger partial charge < -0.3 is 25.0 Å². The fourth-order valence-corrected chi connectivity index (χ4v) is 2.22. The van der Waals surface area contributed by atoms with Gasteiger partial charge in [-0.1, -0.05) is 0 Å². The predicted octanol–water partition coefficient (Wildman–Crippen LogP) is -0.593. The van der Waals surface area contributed by atoms with Crippen LogP contribution in [0.5, 0.6) is 0 Å². The van der Waals surface area contributed by atoms with E-state index >= 15 is 0 Å². The number of rotatable bonds is 6. The molecule has 2 saturated heterocycles. The van der Waals surface area contributed by atoms with Crippen molar-refractivity contribution >= 4 is 6.03 Å². The van der Waals surface area contributed by atoms with Crippen molar-refractivity contribution in [3.8, 4) is 0 Å². The van der Waals surface area contributed by atoms with Gasteiger partial charge in [0.1, 0.15) is 5.60 Å². The molecule has 2 rings (SSSR count). The monoisotopic (exact) mass is 243 g/mol. The van der Waals surface area contributed by atoms with Gasteiger partial charge in [0.25, 0.3) is 0 Å². The molecular formula is C11H21N3O3. The zero-order valence-corrected chi connectivity index (χ0v) is 10.3. The van der Waals surface area contributed by atoms with Crippen LogP contribution in [-0.4, -0.2) is 69.6 Å². The van der Waals surface area contributed by atoms with E-state index in [0.29, 0.717) is 6.61 Å². The minimum absolute atomic E-state index is 0.0393. The van der Waals surface area contributed by atoms with Crippen LogP contribution in [0.3, 0.4) is 0 Å². The van der Waals surface area contributed by atoms with E-state index in [0.717, 1.165) is 45.8 Å². The van der Waals surface area contributed by atoms with Crippen molar-refractivity contribution in [3.63, 3.8) is 0 Å². The molecule has 2 aliphatic rings. The number of carbonyl (C=O) groups is 1. The van der Waals surface area contributed by atoms with Gasteiger partial charge in [-0.05, 0) is 0 Å². The van der Waals surface area contributed by atoms with Gasteiger partial charge >= 0.3 is 6.03 Å². The lowest BCUT2D eigenvalue weighted by molar-refractivity contribution is -0.0157. The van der Waals surface area contributed by atoms with Gasteiger partial charge in [-0.15, -0.1) is 0 Å². The largest absolute Gasteiger partial charge is 0.378 e. The van der Waals surface area contributed by atoms with Gasteiger partial charge in [0.15, 0.2) is 0 Å².